The van der Waals surface area contributed by atoms with Crippen LogP contribution in [0.3, 0.4) is 0 Å². The van der Waals surface area contributed by atoms with Gasteiger partial charge in [0.05, 0.1) is 16.5 Å². The molecule has 0 saturated heterocycles. The van der Waals surface area contributed by atoms with Gasteiger partial charge in [-0.3, -0.25) is 4.79 Å². The molecule has 2 aromatic carbocycles. The molecule has 0 heterocycles. The number of esters is 1. The molecular formula is C20H23FN2O5S. The van der Waals surface area contributed by atoms with Gasteiger partial charge in [-0.1, -0.05) is 31.2 Å². The van der Waals surface area contributed by atoms with Gasteiger partial charge >= 0.3 is 5.97 Å². The van der Waals surface area contributed by atoms with E-state index >= 15 is 0 Å². The highest BCUT2D eigenvalue weighted by Gasteiger charge is 2.20. The molecule has 7 nitrogen and oxygen atoms in total. The van der Waals surface area contributed by atoms with E-state index in [0.717, 1.165) is 30.2 Å². The van der Waals surface area contributed by atoms with Crippen LogP contribution >= 0.6 is 0 Å². The van der Waals surface area contributed by atoms with Crippen LogP contribution in [0.25, 0.3) is 0 Å². The fraction of sp³-hybridized carbons (Fsp3) is 0.300. The van der Waals surface area contributed by atoms with Gasteiger partial charge in [0.15, 0.2) is 6.61 Å². The predicted molar refractivity (Wildman–Crippen MR) is 105 cm³/mol. The lowest BCUT2D eigenvalue weighted by atomic mass is 10.1. The molecule has 2 N–H and O–H groups in total. The summed E-state index contributed by atoms with van der Waals surface area (Å²) in [6.45, 7) is 3.20. The molecule has 156 valence electrons. The second-order valence-electron chi connectivity index (χ2n) is 6.31. The van der Waals surface area contributed by atoms with Crippen LogP contribution in [0.1, 0.15) is 41.4 Å². The summed E-state index contributed by atoms with van der Waals surface area (Å²) in [6, 6.07) is 10.2. The van der Waals surface area contributed by atoms with Gasteiger partial charge in [0.1, 0.15) is 5.82 Å². The monoisotopic (exact) mass is 422 g/mol. The Morgan fingerprint density at radius 2 is 1.79 bits per heavy atom. The summed E-state index contributed by atoms with van der Waals surface area (Å²) in [5.74, 6) is -2.65. The number of nitrogens with one attached hydrogen (secondary N) is 2. The van der Waals surface area contributed by atoms with Crippen molar-refractivity contribution in [3.8, 4) is 0 Å². The Kier molecular flexibility index (Phi) is 7.46. The number of carbonyl (C=O) groups is 2. The minimum Gasteiger partial charge on any atom is -0.452 e. The lowest BCUT2D eigenvalue weighted by Gasteiger charge is -2.15. The molecule has 0 saturated carbocycles. The summed E-state index contributed by atoms with van der Waals surface area (Å²) in [7, 11) is -2.67. The number of hydrogen-bond acceptors (Lipinski definition) is 5. The summed E-state index contributed by atoms with van der Waals surface area (Å²) in [4.78, 5) is 23.9. The maximum atomic E-state index is 13.9. The zero-order valence-electron chi connectivity index (χ0n) is 16.4. The van der Waals surface area contributed by atoms with Crippen LogP contribution < -0.4 is 10.0 Å². The van der Waals surface area contributed by atoms with Crippen molar-refractivity contribution in [3.05, 3.63) is 65.0 Å². The van der Waals surface area contributed by atoms with Gasteiger partial charge in [-0.05, 0) is 49.7 Å². The number of carbonyl (C=O) groups excluding carboxylic acids is 2. The van der Waals surface area contributed by atoms with Crippen LogP contribution in [0.4, 0.5) is 4.39 Å². The molecule has 0 aliphatic carbocycles. The predicted octanol–water partition coefficient (Wildman–Crippen LogP) is 2.33. The van der Waals surface area contributed by atoms with E-state index in [1.165, 1.54) is 12.6 Å². The number of aryl methyl sites for hydroxylation is 1. The summed E-state index contributed by atoms with van der Waals surface area (Å²) in [6.07, 6.45) is 0.907. The Morgan fingerprint density at radius 3 is 2.38 bits per heavy atom. The highest BCUT2D eigenvalue weighted by molar-refractivity contribution is 7.89. The minimum absolute atomic E-state index is 0.290. The van der Waals surface area contributed by atoms with E-state index in [0.29, 0.717) is 0 Å². The highest BCUT2D eigenvalue weighted by Crippen LogP contribution is 2.16. The maximum absolute atomic E-state index is 13.9. The van der Waals surface area contributed by atoms with Crippen LogP contribution in [0.15, 0.2) is 47.4 Å². The van der Waals surface area contributed by atoms with Crippen LogP contribution in [0.2, 0.25) is 0 Å². The first-order chi connectivity index (χ1) is 13.7. The molecule has 0 aliphatic heterocycles. The fourth-order valence-electron chi connectivity index (χ4n) is 2.56. The Hall–Kier alpha value is -2.78. The third-order valence-corrected chi connectivity index (χ3v) is 5.75. The number of amides is 1. The topological polar surface area (TPSA) is 102 Å². The molecule has 0 aromatic heterocycles. The molecule has 1 atom stereocenters. The summed E-state index contributed by atoms with van der Waals surface area (Å²) in [5.41, 5.74) is 1.49. The van der Waals surface area contributed by atoms with Crippen molar-refractivity contribution in [2.45, 2.75) is 31.2 Å². The minimum atomic E-state index is -3.86. The van der Waals surface area contributed by atoms with Gasteiger partial charge in [-0.25, -0.2) is 22.3 Å². The zero-order valence-corrected chi connectivity index (χ0v) is 17.2. The van der Waals surface area contributed by atoms with E-state index in [-0.39, 0.29) is 10.9 Å². The maximum Gasteiger partial charge on any atom is 0.341 e. The molecule has 0 fully saturated rings. The van der Waals surface area contributed by atoms with E-state index in [1.54, 1.807) is 6.92 Å². The molecule has 2 aromatic rings. The Balaban J connectivity index is 1.99. The van der Waals surface area contributed by atoms with Crippen molar-refractivity contribution in [1.29, 1.82) is 0 Å². The smallest absolute Gasteiger partial charge is 0.341 e. The number of halogens is 1. The third-order valence-electron chi connectivity index (χ3n) is 4.34. The largest absolute Gasteiger partial charge is 0.452 e. The normalized spacial score (nSPS) is 12.3. The molecule has 0 bridgehead atoms. The lowest BCUT2D eigenvalue weighted by molar-refractivity contribution is -0.124. The SMILES string of the molecule is CCc1ccc(C(C)NC(=O)COC(=O)c2cc(S(=O)(=O)NC)ccc2F)cc1. The first-order valence-corrected chi connectivity index (χ1v) is 10.4. The van der Waals surface area contributed by atoms with Gasteiger partial charge in [0.2, 0.25) is 10.0 Å². The number of ether oxygens (including phenoxy) is 1. The molecule has 0 spiro atoms. The number of hydrogen-bond donors (Lipinski definition) is 2. The van der Waals surface area contributed by atoms with Gasteiger partial charge in [0, 0.05) is 0 Å². The van der Waals surface area contributed by atoms with Crippen molar-refractivity contribution >= 4 is 21.9 Å². The van der Waals surface area contributed by atoms with Crippen LogP contribution in [-0.2, 0) is 26.0 Å². The summed E-state index contributed by atoms with van der Waals surface area (Å²) in [5, 5.41) is 2.68. The fourth-order valence-corrected chi connectivity index (χ4v) is 3.32. The van der Waals surface area contributed by atoms with E-state index in [4.69, 9.17) is 4.74 Å². The number of benzene rings is 2. The zero-order chi connectivity index (χ0) is 21.6. The van der Waals surface area contributed by atoms with E-state index in [2.05, 4.69) is 10.0 Å². The van der Waals surface area contributed by atoms with Crippen LogP contribution in [-0.4, -0.2) is 33.9 Å². The molecule has 2 rings (SSSR count). The van der Waals surface area contributed by atoms with Gasteiger partial charge in [-0.15, -0.1) is 0 Å². The van der Waals surface area contributed by atoms with Crippen molar-refractivity contribution in [2.75, 3.05) is 13.7 Å². The second kappa shape index (κ2) is 9.62. The molecule has 29 heavy (non-hydrogen) atoms. The Bertz CT molecular complexity index is 990. The lowest BCUT2D eigenvalue weighted by Crippen LogP contribution is -2.31. The number of sulfonamides is 1. The standard InChI is InChI=1S/C20H23FN2O5S/c1-4-14-5-7-15(8-6-14)13(2)23-19(24)12-28-20(25)17-11-16(9-10-18(17)21)29(26,27)22-3/h5-11,13,22H,4,12H2,1-3H3,(H,23,24). The molecular weight excluding hydrogens is 399 g/mol. The van der Waals surface area contributed by atoms with Gasteiger partial charge in [0.25, 0.3) is 5.91 Å². The third kappa shape index (κ3) is 5.85. The van der Waals surface area contributed by atoms with Crippen molar-refractivity contribution < 1.29 is 27.1 Å². The molecule has 1 unspecified atom stereocenters. The van der Waals surface area contributed by atoms with Gasteiger partial charge < -0.3 is 10.1 Å². The average molecular weight is 422 g/mol. The quantitative estimate of drug-likeness (QED) is 0.636. The molecule has 9 heteroatoms. The van der Waals surface area contributed by atoms with Crippen molar-refractivity contribution in [1.82, 2.24) is 10.0 Å². The van der Waals surface area contributed by atoms with Crippen molar-refractivity contribution in [3.63, 3.8) is 0 Å². The van der Waals surface area contributed by atoms with E-state index in [9.17, 15) is 22.4 Å². The first kappa shape index (κ1) is 22.5. The van der Waals surface area contributed by atoms with Crippen molar-refractivity contribution in [2.24, 2.45) is 0 Å². The average Bonchev–Trinajstić information content (AvgIpc) is 2.72. The number of rotatable bonds is 8. The molecule has 1 amide bonds. The summed E-state index contributed by atoms with van der Waals surface area (Å²) >= 11 is 0. The molecule has 0 radical (unpaired) electrons. The Labute approximate surface area is 169 Å². The van der Waals surface area contributed by atoms with Gasteiger partial charge in [-0.2, -0.15) is 0 Å². The second-order valence-corrected chi connectivity index (χ2v) is 8.20. The molecule has 0 aliphatic rings. The summed E-state index contributed by atoms with van der Waals surface area (Å²) < 4.78 is 44.4. The highest BCUT2D eigenvalue weighted by atomic mass is 32.2. The first-order valence-electron chi connectivity index (χ1n) is 8.96. The Morgan fingerprint density at radius 1 is 1.14 bits per heavy atom. The van der Waals surface area contributed by atoms with E-state index < -0.39 is 39.9 Å². The van der Waals surface area contributed by atoms with Crippen LogP contribution in [0.5, 0.6) is 0 Å². The van der Waals surface area contributed by atoms with E-state index in [1.807, 2.05) is 31.2 Å². The van der Waals surface area contributed by atoms with Crippen LogP contribution in [0, 0.1) is 5.82 Å².